The van der Waals surface area contributed by atoms with E-state index in [1.807, 2.05) is 0 Å². The predicted octanol–water partition coefficient (Wildman–Crippen LogP) is 3.45. The molecule has 2 rings (SSSR count). The van der Waals surface area contributed by atoms with Gasteiger partial charge < -0.3 is 0 Å². The van der Waals surface area contributed by atoms with Crippen LogP contribution in [-0.4, -0.2) is 13.1 Å². The van der Waals surface area contributed by atoms with Gasteiger partial charge in [-0.15, -0.1) is 0 Å². The molecule has 0 aromatic heterocycles. The molecular weight excluding hydrogens is 260 g/mol. The summed E-state index contributed by atoms with van der Waals surface area (Å²) in [6, 6.07) is 8.53. The van der Waals surface area contributed by atoms with Gasteiger partial charge in [0.15, 0.2) is 0 Å². The Labute approximate surface area is 129 Å². The molecule has 1 saturated heterocycles. The second-order valence-electron chi connectivity index (χ2n) is 5.93. The molecule has 1 heterocycles. The van der Waals surface area contributed by atoms with Gasteiger partial charge in [0.2, 0.25) is 0 Å². The normalized spacial score (nSPS) is 20.0. The van der Waals surface area contributed by atoms with E-state index < -0.39 is 0 Å². The van der Waals surface area contributed by atoms with Crippen LogP contribution in [0.5, 0.6) is 0 Å². The Balaban J connectivity index is 1.91. The fourth-order valence-corrected chi connectivity index (χ4v) is 2.82. The van der Waals surface area contributed by atoms with Crippen molar-refractivity contribution in [2.45, 2.75) is 58.3 Å². The molecule has 4 heteroatoms. The van der Waals surface area contributed by atoms with Gasteiger partial charge in [-0.25, -0.2) is 5.43 Å². The van der Waals surface area contributed by atoms with Crippen LogP contribution < -0.4 is 21.5 Å². The molecule has 0 unspecified atom stereocenters. The van der Waals surface area contributed by atoms with E-state index in [2.05, 4.69) is 52.7 Å². The highest BCUT2D eigenvalue weighted by molar-refractivity contribution is 5.51. The van der Waals surface area contributed by atoms with Crippen LogP contribution in [0.2, 0.25) is 0 Å². The summed E-state index contributed by atoms with van der Waals surface area (Å²) in [6.45, 7) is 4.20. The molecular formula is C17H30N4. The fraction of sp³-hybridized carbons (Fsp3) is 0.647. The zero-order valence-corrected chi connectivity index (χ0v) is 13.3. The molecule has 1 aliphatic rings. The van der Waals surface area contributed by atoms with Crippen LogP contribution in [0.25, 0.3) is 0 Å². The third kappa shape index (κ3) is 6.04. The molecule has 0 atom stereocenters. The highest BCUT2D eigenvalue weighted by Crippen LogP contribution is 2.18. The van der Waals surface area contributed by atoms with Crippen molar-refractivity contribution >= 4 is 5.69 Å². The number of benzene rings is 1. The quantitative estimate of drug-likeness (QED) is 0.741. The lowest BCUT2D eigenvalue weighted by Gasteiger charge is -2.27. The number of para-hydroxylation sites is 1. The fourth-order valence-electron chi connectivity index (χ4n) is 2.82. The van der Waals surface area contributed by atoms with Gasteiger partial charge in [-0.05, 0) is 31.4 Å². The van der Waals surface area contributed by atoms with Gasteiger partial charge in [0.05, 0.1) is 5.69 Å². The minimum atomic E-state index is 1.01. The van der Waals surface area contributed by atoms with Gasteiger partial charge in [-0.3, -0.25) is 5.01 Å². The monoisotopic (exact) mass is 290 g/mol. The number of nitrogens with one attached hydrogen (secondary N) is 3. The van der Waals surface area contributed by atoms with Crippen molar-refractivity contribution in [2.75, 3.05) is 18.1 Å². The van der Waals surface area contributed by atoms with Gasteiger partial charge in [0, 0.05) is 13.1 Å². The van der Waals surface area contributed by atoms with E-state index in [4.69, 9.17) is 0 Å². The van der Waals surface area contributed by atoms with Crippen molar-refractivity contribution in [1.29, 1.82) is 0 Å². The Morgan fingerprint density at radius 3 is 2.29 bits per heavy atom. The molecule has 0 bridgehead atoms. The maximum absolute atomic E-state index is 3.30. The molecule has 1 aromatic carbocycles. The molecule has 0 radical (unpaired) electrons. The van der Waals surface area contributed by atoms with Crippen LogP contribution in [0, 0.1) is 6.92 Å². The summed E-state index contributed by atoms with van der Waals surface area (Å²) < 4.78 is 0. The van der Waals surface area contributed by atoms with E-state index in [1.165, 1.54) is 62.6 Å². The van der Waals surface area contributed by atoms with Crippen LogP contribution in [0.3, 0.4) is 0 Å². The van der Waals surface area contributed by atoms with Gasteiger partial charge >= 0.3 is 0 Å². The molecule has 0 amide bonds. The molecule has 4 nitrogen and oxygen atoms in total. The van der Waals surface area contributed by atoms with Crippen LogP contribution in [0.1, 0.15) is 56.9 Å². The van der Waals surface area contributed by atoms with Crippen molar-refractivity contribution < 1.29 is 0 Å². The largest absolute Gasteiger partial charge is 0.294 e. The number of rotatable bonds is 1. The summed E-state index contributed by atoms with van der Waals surface area (Å²) in [5, 5.41) is 2.22. The maximum atomic E-state index is 3.30. The zero-order valence-electron chi connectivity index (χ0n) is 13.3. The minimum Gasteiger partial charge on any atom is -0.294 e. The highest BCUT2D eigenvalue weighted by atomic mass is 15.8. The third-order valence-corrected chi connectivity index (χ3v) is 4.12. The first-order valence-electron chi connectivity index (χ1n) is 8.44. The Bertz CT molecular complexity index is 380. The van der Waals surface area contributed by atoms with Crippen molar-refractivity contribution in [3.05, 3.63) is 29.8 Å². The zero-order chi connectivity index (χ0) is 14.8. The first-order chi connectivity index (χ1) is 10.4. The van der Waals surface area contributed by atoms with Crippen molar-refractivity contribution in [2.24, 2.45) is 0 Å². The lowest BCUT2D eigenvalue weighted by Crippen LogP contribution is -2.53. The SMILES string of the molecule is Cc1ccccc1N1CCCCCCCCCCNNN1. The number of nitrogens with zero attached hydrogens (tertiary/aromatic N) is 1. The van der Waals surface area contributed by atoms with Crippen LogP contribution in [0.15, 0.2) is 24.3 Å². The molecule has 3 N–H and O–H groups in total. The molecule has 1 fully saturated rings. The second kappa shape index (κ2) is 9.77. The molecule has 0 spiro atoms. The standard InChI is InChI=1S/C17H30N4/c1-16-12-8-9-13-17(16)21-15-11-7-5-3-2-4-6-10-14-18-19-20-21/h8-9,12-13,18-20H,2-7,10-11,14-15H2,1H3. The summed E-state index contributed by atoms with van der Waals surface area (Å²) in [5.74, 6) is 0. The average Bonchev–Trinajstić information content (AvgIpc) is 2.50. The maximum Gasteiger partial charge on any atom is 0.0562 e. The summed E-state index contributed by atoms with van der Waals surface area (Å²) in [6.07, 6.45) is 10.6. The number of anilines is 1. The van der Waals surface area contributed by atoms with Crippen molar-refractivity contribution in [1.82, 2.24) is 16.5 Å². The smallest absolute Gasteiger partial charge is 0.0562 e. The van der Waals surface area contributed by atoms with Gasteiger partial charge in [0.1, 0.15) is 0 Å². The molecule has 1 aliphatic heterocycles. The average molecular weight is 290 g/mol. The van der Waals surface area contributed by atoms with E-state index in [9.17, 15) is 0 Å². The van der Waals surface area contributed by atoms with E-state index in [1.54, 1.807) is 0 Å². The van der Waals surface area contributed by atoms with Gasteiger partial charge in [-0.1, -0.05) is 56.7 Å². The van der Waals surface area contributed by atoms with E-state index in [-0.39, 0.29) is 0 Å². The van der Waals surface area contributed by atoms with Crippen molar-refractivity contribution in [3.63, 3.8) is 0 Å². The number of hydrogen-bond donors (Lipinski definition) is 3. The molecule has 1 aromatic rings. The number of aryl methyl sites for hydroxylation is 1. The predicted molar refractivity (Wildman–Crippen MR) is 89.7 cm³/mol. The molecule has 118 valence electrons. The topological polar surface area (TPSA) is 39.3 Å². The van der Waals surface area contributed by atoms with E-state index >= 15 is 0 Å². The number of hydrazine groups is 3. The highest BCUT2D eigenvalue weighted by Gasteiger charge is 2.08. The Hall–Kier alpha value is -1.10. The first-order valence-corrected chi connectivity index (χ1v) is 8.44. The summed E-state index contributed by atoms with van der Waals surface area (Å²) >= 11 is 0. The van der Waals surface area contributed by atoms with Crippen molar-refractivity contribution in [3.8, 4) is 0 Å². The second-order valence-corrected chi connectivity index (χ2v) is 5.93. The summed E-state index contributed by atoms with van der Waals surface area (Å²) in [7, 11) is 0. The summed E-state index contributed by atoms with van der Waals surface area (Å²) in [4.78, 5) is 0. The lowest BCUT2D eigenvalue weighted by atomic mass is 10.1. The molecule has 21 heavy (non-hydrogen) atoms. The van der Waals surface area contributed by atoms with Crippen LogP contribution in [-0.2, 0) is 0 Å². The lowest BCUT2D eigenvalue weighted by molar-refractivity contribution is 0.398. The molecule has 0 saturated carbocycles. The summed E-state index contributed by atoms with van der Waals surface area (Å²) in [5.41, 5.74) is 12.2. The van der Waals surface area contributed by atoms with E-state index in [0.29, 0.717) is 0 Å². The third-order valence-electron chi connectivity index (χ3n) is 4.12. The van der Waals surface area contributed by atoms with Gasteiger partial charge in [0.25, 0.3) is 0 Å². The Morgan fingerprint density at radius 2 is 1.52 bits per heavy atom. The Kier molecular flexibility index (Phi) is 7.57. The number of hydrogen-bond acceptors (Lipinski definition) is 4. The van der Waals surface area contributed by atoms with Crippen LogP contribution >= 0.6 is 0 Å². The van der Waals surface area contributed by atoms with Gasteiger partial charge in [-0.2, -0.15) is 11.1 Å². The first kappa shape index (κ1) is 16.3. The minimum absolute atomic E-state index is 1.01. The van der Waals surface area contributed by atoms with Crippen LogP contribution in [0.4, 0.5) is 5.69 Å². The Morgan fingerprint density at radius 1 is 0.857 bits per heavy atom. The molecule has 0 aliphatic carbocycles. The van der Waals surface area contributed by atoms with E-state index in [0.717, 1.165) is 13.1 Å².